The van der Waals surface area contributed by atoms with Crippen LogP contribution in [0.25, 0.3) is 11.0 Å². The predicted molar refractivity (Wildman–Crippen MR) is 80.9 cm³/mol. The first-order valence-corrected chi connectivity index (χ1v) is 7.72. The van der Waals surface area contributed by atoms with Crippen molar-refractivity contribution in [3.05, 3.63) is 24.0 Å². The lowest BCUT2D eigenvalue weighted by molar-refractivity contribution is 0.0276. The van der Waals surface area contributed by atoms with Crippen molar-refractivity contribution < 1.29 is 9.47 Å². The van der Waals surface area contributed by atoms with E-state index in [1.165, 1.54) is 18.4 Å². The van der Waals surface area contributed by atoms with Gasteiger partial charge in [0.05, 0.1) is 30.9 Å². The van der Waals surface area contributed by atoms with E-state index in [4.69, 9.17) is 14.5 Å². The molecular weight excluding hydrogens is 266 g/mol. The van der Waals surface area contributed by atoms with E-state index in [1.54, 1.807) is 7.11 Å². The first-order valence-electron chi connectivity index (χ1n) is 7.72. The highest BCUT2D eigenvalue weighted by atomic mass is 16.5. The lowest BCUT2D eigenvalue weighted by atomic mass is 10.2. The van der Waals surface area contributed by atoms with Crippen LogP contribution in [0.4, 0.5) is 0 Å². The van der Waals surface area contributed by atoms with Gasteiger partial charge < -0.3 is 19.4 Å². The number of methoxy groups -OCH3 is 1. The van der Waals surface area contributed by atoms with E-state index in [0.29, 0.717) is 6.04 Å². The maximum atomic E-state index is 5.84. The standard InChI is InChI=1S/C16H21N3O2/c1-20-12-4-5-15-14(8-12)18-16(19(15)11-2-3-11)9-13-10-17-6-7-21-13/h4-5,8,11,13,17H,2-3,6-7,9-10H2,1H3. The minimum absolute atomic E-state index is 0.231. The van der Waals surface area contributed by atoms with Crippen LogP contribution in [0.15, 0.2) is 18.2 Å². The number of imidazole rings is 1. The van der Waals surface area contributed by atoms with Gasteiger partial charge in [0.1, 0.15) is 11.6 Å². The third-order valence-electron chi connectivity index (χ3n) is 4.30. The first-order chi connectivity index (χ1) is 10.3. The zero-order valence-electron chi connectivity index (χ0n) is 12.3. The molecular formula is C16H21N3O2. The van der Waals surface area contributed by atoms with Gasteiger partial charge in [0.15, 0.2) is 0 Å². The number of aromatic nitrogens is 2. The Morgan fingerprint density at radius 1 is 1.43 bits per heavy atom. The molecule has 1 saturated carbocycles. The average molecular weight is 287 g/mol. The average Bonchev–Trinajstić information content (AvgIpc) is 3.29. The quantitative estimate of drug-likeness (QED) is 0.933. The van der Waals surface area contributed by atoms with Gasteiger partial charge in [-0.2, -0.15) is 0 Å². The van der Waals surface area contributed by atoms with Gasteiger partial charge in [0.25, 0.3) is 0 Å². The summed E-state index contributed by atoms with van der Waals surface area (Å²) < 4.78 is 13.6. The zero-order chi connectivity index (χ0) is 14.2. The first kappa shape index (κ1) is 13.1. The second-order valence-electron chi connectivity index (χ2n) is 5.88. The van der Waals surface area contributed by atoms with E-state index in [9.17, 15) is 0 Å². The molecule has 2 fully saturated rings. The molecule has 1 aliphatic heterocycles. The second kappa shape index (κ2) is 5.31. The Morgan fingerprint density at radius 2 is 2.33 bits per heavy atom. The van der Waals surface area contributed by atoms with Crippen LogP contribution >= 0.6 is 0 Å². The molecule has 1 saturated heterocycles. The molecule has 0 bridgehead atoms. The summed E-state index contributed by atoms with van der Waals surface area (Å²) in [6.07, 6.45) is 3.62. The van der Waals surface area contributed by atoms with Gasteiger partial charge in [-0.3, -0.25) is 0 Å². The number of nitrogens with zero attached hydrogens (tertiary/aromatic N) is 2. The number of hydrogen-bond acceptors (Lipinski definition) is 4. The molecule has 2 heterocycles. The minimum Gasteiger partial charge on any atom is -0.497 e. The lowest BCUT2D eigenvalue weighted by Crippen LogP contribution is -2.40. The van der Waals surface area contributed by atoms with Gasteiger partial charge in [-0.25, -0.2) is 4.98 Å². The molecule has 2 aromatic rings. The number of rotatable bonds is 4. The van der Waals surface area contributed by atoms with Gasteiger partial charge in [-0.1, -0.05) is 0 Å². The van der Waals surface area contributed by atoms with E-state index < -0.39 is 0 Å². The van der Waals surface area contributed by atoms with Crippen LogP contribution in [-0.2, 0) is 11.2 Å². The molecule has 1 aromatic heterocycles. The fraction of sp³-hybridized carbons (Fsp3) is 0.562. The fourth-order valence-corrected chi connectivity index (χ4v) is 3.09. The molecule has 0 radical (unpaired) electrons. The van der Waals surface area contributed by atoms with Crippen LogP contribution in [-0.4, -0.2) is 42.5 Å². The molecule has 1 unspecified atom stereocenters. The van der Waals surface area contributed by atoms with Crippen molar-refractivity contribution in [2.75, 3.05) is 26.8 Å². The molecule has 5 heteroatoms. The van der Waals surface area contributed by atoms with Crippen molar-refractivity contribution in [3.63, 3.8) is 0 Å². The van der Waals surface area contributed by atoms with E-state index in [0.717, 1.165) is 43.2 Å². The molecule has 1 aliphatic carbocycles. The maximum absolute atomic E-state index is 5.84. The van der Waals surface area contributed by atoms with E-state index in [1.807, 2.05) is 12.1 Å². The Morgan fingerprint density at radius 3 is 3.05 bits per heavy atom. The lowest BCUT2D eigenvalue weighted by Gasteiger charge is -2.23. The Balaban J connectivity index is 1.70. The molecule has 21 heavy (non-hydrogen) atoms. The summed E-state index contributed by atoms with van der Waals surface area (Å²) in [5.41, 5.74) is 2.25. The van der Waals surface area contributed by atoms with Gasteiger partial charge in [-0.15, -0.1) is 0 Å². The smallest absolute Gasteiger partial charge is 0.121 e. The molecule has 5 nitrogen and oxygen atoms in total. The monoisotopic (exact) mass is 287 g/mol. The molecule has 4 rings (SSSR count). The van der Waals surface area contributed by atoms with Crippen LogP contribution < -0.4 is 10.1 Å². The zero-order valence-corrected chi connectivity index (χ0v) is 12.3. The predicted octanol–water partition coefficient (Wildman–Crippen LogP) is 1.91. The normalized spacial score (nSPS) is 22.6. The topological polar surface area (TPSA) is 48.3 Å². The van der Waals surface area contributed by atoms with E-state index in [2.05, 4.69) is 16.0 Å². The third-order valence-corrected chi connectivity index (χ3v) is 4.30. The van der Waals surface area contributed by atoms with Crippen molar-refractivity contribution in [3.8, 4) is 5.75 Å². The number of fused-ring (bicyclic) bond motifs is 1. The Bertz CT molecular complexity index is 642. The highest BCUT2D eigenvalue weighted by Gasteiger charge is 2.29. The summed E-state index contributed by atoms with van der Waals surface area (Å²) in [6.45, 7) is 2.66. The Hall–Kier alpha value is -1.59. The van der Waals surface area contributed by atoms with Crippen molar-refractivity contribution in [2.24, 2.45) is 0 Å². The highest BCUT2D eigenvalue weighted by molar-refractivity contribution is 5.78. The van der Waals surface area contributed by atoms with Crippen LogP contribution in [0.2, 0.25) is 0 Å². The third kappa shape index (κ3) is 2.51. The Labute approximate surface area is 124 Å². The van der Waals surface area contributed by atoms with E-state index >= 15 is 0 Å². The number of ether oxygens (including phenoxy) is 2. The van der Waals surface area contributed by atoms with E-state index in [-0.39, 0.29) is 6.10 Å². The SMILES string of the molecule is COc1ccc2c(c1)nc(CC1CNCCO1)n2C1CC1. The number of morpholine rings is 1. The van der Waals surface area contributed by atoms with Gasteiger partial charge in [0.2, 0.25) is 0 Å². The molecule has 1 N–H and O–H groups in total. The largest absolute Gasteiger partial charge is 0.497 e. The highest BCUT2D eigenvalue weighted by Crippen LogP contribution is 2.39. The summed E-state index contributed by atoms with van der Waals surface area (Å²) >= 11 is 0. The summed E-state index contributed by atoms with van der Waals surface area (Å²) in [5.74, 6) is 2.01. The summed E-state index contributed by atoms with van der Waals surface area (Å²) in [5, 5.41) is 3.39. The van der Waals surface area contributed by atoms with Crippen molar-refractivity contribution >= 4 is 11.0 Å². The summed E-state index contributed by atoms with van der Waals surface area (Å²) in [6, 6.07) is 6.79. The molecule has 2 aliphatic rings. The maximum Gasteiger partial charge on any atom is 0.121 e. The second-order valence-corrected chi connectivity index (χ2v) is 5.88. The van der Waals surface area contributed by atoms with Gasteiger partial charge >= 0.3 is 0 Å². The summed E-state index contributed by atoms with van der Waals surface area (Å²) in [4.78, 5) is 4.85. The van der Waals surface area contributed by atoms with Crippen molar-refractivity contribution in [1.29, 1.82) is 0 Å². The van der Waals surface area contributed by atoms with Crippen molar-refractivity contribution in [2.45, 2.75) is 31.4 Å². The van der Waals surface area contributed by atoms with Crippen LogP contribution in [0.3, 0.4) is 0 Å². The fourth-order valence-electron chi connectivity index (χ4n) is 3.09. The minimum atomic E-state index is 0.231. The number of benzene rings is 1. The van der Waals surface area contributed by atoms with Gasteiger partial charge in [-0.05, 0) is 25.0 Å². The van der Waals surface area contributed by atoms with Crippen LogP contribution in [0, 0.1) is 0 Å². The number of nitrogens with one attached hydrogen (secondary N) is 1. The van der Waals surface area contributed by atoms with Crippen LogP contribution in [0.5, 0.6) is 5.75 Å². The Kier molecular flexibility index (Phi) is 3.31. The molecule has 0 spiro atoms. The van der Waals surface area contributed by atoms with Crippen LogP contribution in [0.1, 0.15) is 24.7 Å². The molecule has 1 aromatic carbocycles. The summed E-state index contributed by atoms with van der Waals surface area (Å²) in [7, 11) is 1.70. The number of hydrogen-bond donors (Lipinski definition) is 1. The molecule has 112 valence electrons. The van der Waals surface area contributed by atoms with Crippen molar-refractivity contribution in [1.82, 2.24) is 14.9 Å². The molecule has 0 amide bonds. The molecule has 1 atom stereocenters. The van der Waals surface area contributed by atoms with Gasteiger partial charge in [0, 0.05) is 31.6 Å².